The Morgan fingerprint density at radius 3 is 2.53 bits per heavy atom. The van der Waals surface area contributed by atoms with E-state index in [-0.39, 0.29) is 42.7 Å². The van der Waals surface area contributed by atoms with Gasteiger partial charge in [-0.2, -0.15) is 13.2 Å². The smallest absolute Gasteiger partial charge is 0.373 e. The van der Waals surface area contributed by atoms with Crippen molar-refractivity contribution in [2.75, 3.05) is 44.7 Å². The molecule has 3 saturated heterocycles. The summed E-state index contributed by atoms with van der Waals surface area (Å²) in [6.07, 6.45) is -0.757. The molecule has 0 amide bonds. The molecule has 3 aliphatic rings. The molecule has 3 unspecified atom stereocenters. The number of hydrogen-bond donors (Lipinski definition) is 2. The van der Waals surface area contributed by atoms with Crippen LogP contribution in [0.4, 0.5) is 18.9 Å². The number of nitrogens with zero attached hydrogens (tertiary/aromatic N) is 3. The summed E-state index contributed by atoms with van der Waals surface area (Å²) in [4.78, 5) is 9.05. The molecule has 32 heavy (non-hydrogen) atoms. The first-order valence-electron chi connectivity index (χ1n) is 11.2. The first-order valence-corrected chi connectivity index (χ1v) is 11.2. The lowest BCUT2D eigenvalue weighted by Gasteiger charge is -2.35. The first kappa shape index (κ1) is 25.4. The van der Waals surface area contributed by atoms with Crippen molar-refractivity contribution in [2.24, 2.45) is 4.99 Å². The van der Waals surface area contributed by atoms with E-state index in [1.807, 2.05) is 6.92 Å². The van der Waals surface area contributed by atoms with E-state index in [1.54, 1.807) is 6.07 Å². The van der Waals surface area contributed by atoms with E-state index in [0.717, 1.165) is 51.1 Å². The van der Waals surface area contributed by atoms with E-state index in [9.17, 15) is 13.2 Å². The van der Waals surface area contributed by atoms with Gasteiger partial charge >= 0.3 is 6.18 Å². The van der Waals surface area contributed by atoms with Crippen LogP contribution in [0, 0.1) is 0 Å². The molecule has 180 valence electrons. The number of likely N-dealkylation sites (N-methyl/N-ethyl adjacent to an activating group) is 1. The molecule has 3 aliphatic heterocycles. The van der Waals surface area contributed by atoms with Crippen LogP contribution >= 0.6 is 24.0 Å². The van der Waals surface area contributed by atoms with Crippen LogP contribution in [0.1, 0.15) is 37.3 Å². The molecule has 4 rings (SSSR count). The Bertz CT molecular complexity index is 798. The molecule has 0 aliphatic carbocycles. The van der Waals surface area contributed by atoms with Gasteiger partial charge in [-0.05, 0) is 57.0 Å². The minimum atomic E-state index is -4.37. The molecule has 1 aromatic carbocycles. The molecule has 6 nitrogen and oxygen atoms in total. The highest BCUT2D eigenvalue weighted by Gasteiger charge is 2.41. The quantitative estimate of drug-likeness (QED) is 0.325. The molecule has 3 fully saturated rings. The lowest BCUT2D eigenvalue weighted by molar-refractivity contribution is -0.137. The van der Waals surface area contributed by atoms with Gasteiger partial charge in [-0.25, -0.2) is 4.99 Å². The fourth-order valence-electron chi connectivity index (χ4n) is 4.69. The zero-order chi connectivity index (χ0) is 22.0. The topological polar surface area (TPSA) is 52.1 Å². The predicted octanol–water partition coefficient (Wildman–Crippen LogP) is 3.45. The van der Waals surface area contributed by atoms with Gasteiger partial charge in [0.15, 0.2) is 5.96 Å². The van der Waals surface area contributed by atoms with Gasteiger partial charge in [-0.3, -0.25) is 0 Å². The zero-order valence-electron chi connectivity index (χ0n) is 18.6. The zero-order valence-corrected chi connectivity index (χ0v) is 21.0. The maximum atomic E-state index is 13.4. The Balaban J connectivity index is 0.00000289. The minimum Gasteiger partial charge on any atom is -0.373 e. The van der Waals surface area contributed by atoms with Crippen LogP contribution in [0.25, 0.3) is 0 Å². The van der Waals surface area contributed by atoms with Gasteiger partial charge in [0, 0.05) is 38.4 Å². The van der Waals surface area contributed by atoms with E-state index < -0.39 is 11.7 Å². The average molecular weight is 567 g/mol. The Hall–Kier alpha value is -1.27. The van der Waals surface area contributed by atoms with E-state index in [1.165, 1.54) is 12.1 Å². The summed E-state index contributed by atoms with van der Waals surface area (Å²) >= 11 is 0. The number of fused-ring (bicyclic) bond motifs is 2. The van der Waals surface area contributed by atoms with Crippen molar-refractivity contribution in [3.8, 4) is 0 Å². The summed E-state index contributed by atoms with van der Waals surface area (Å²) in [5, 5.41) is 6.67. The fourth-order valence-corrected chi connectivity index (χ4v) is 4.69. The van der Waals surface area contributed by atoms with Gasteiger partial charge in [0.1, 0.15) is 0 Å². The summed E-state index contributed by atoms with van der Waals surface area (Å²) in [6.45, 7) is 6.20. The van der Waals surface area contributed by atoms with Crippen molar-refractivity contribution in [3.63, 3.8) is 0 Å². The monoisotopic (exact) mass is 567 g/mol. The van der Waals surface area contributed by atoms with Crippen LogP contribution < -0.4 is 15.5 Å². The average Bonchev–Trinajstić information content (AvgIpc) is 3.35. The van der Waals surface area contributed by atoms with Crippen LogP contribution in [0.2, 0.25) is 0 Å². The predicted molar refractivity (Wildman–Crippen MR) is 131 cm³/mol. The van der Waals surface area contributed by atoms with Crippen LogP contribution in [-0.2, 0) is 17.5 Å². The number of ether oxygens (including phenoxy) is 1. The number of anilines is 1. The molecule has 2 N–H and O–H groups in total. The molecular weight excluding hydrogens is 534 g/mol. The van der Waals surface area contributed by atoms with Crippen LogP contribution in [0.15, 0.2) is 23.2 Å². The standard InChI is InChI=1S/C22H32F3N5O.HI/c1-3-26-21(28-18-13-17-5-7-20(18)31-17)27-14-15-12-16(22(23,24)25)4-6-19(15)30-10-8-29(2)9-11-30;/h4,6,12,17-18,20H,3,5,7-11,13-14H2,1-2H3,(H2,26,27,28);1H. The maximum Gasteiger partial charge on any atom is 0.416 e. The maximum absolute atomic E-state index is 13.4. The molecule has 0 radical (unpaired) electrons. The van der Waals surface area contributed by atoms with Gasteiger partial charge in [0.2, 0.25) is 0 Å². The van der Waals surface area contributed by atoms with Crippen LogP contribution in [0.3, 0.4) is 0 Å². The number of halogens is 4. The van der Waals surface area contributed by atoms with Crippen molar-refractivity contribution < 1.29 is 17.9 Å². The highest BCUT2D eigenvalue weighted by Crippen LogP contribution is 2.35. The van der Waals surface area contributed by atoms with E-state index in [4.69, 9.17) is 4.74 Å². The van der Waals surface area contributed by atoms with Crippen LogP contribution in [0.5, 0.6) is 0 Å². The van der Waals surface area contributed by atoms with Gasteiger partial charge in [0.05, 0.1) is 30.4 Å². The van der Waals surface area contributed by atoms with Crippen molar-refractivity contribution in [2.45, 2.75) is 57.2 Å². The number of alkyl halides is 3. The Morgan fingerprint density at radius 2 is 1.94 bits per heavy atom. The van der Waals surface area contributed by atoms with Crippen LogP contribution in [-0.4, -0.2) is 68.9 Å². The van der Waals surface area contributed by atoms with Crippen molar-refractivity contribution in [1.82, 2.24) is 15.5 Å². The minimum absolute atomic E-state index is 0. The molecule has 0 spiro atoms. The lowest BCUT2D eigenvalue weighted by Crippen LogP contribution is -2.47. The number of hydrogen-bond acceptors (Lipinski definition) is 4. The summed E-state index contributed by atoms with van der Waals surface area (Å²) in [5.41, 5.74) is 0.805. The largest absolute Gasteiger partial charge is 0.416 e. The third-order valence-corrected chi connectivity index (χ3v) is 6.43. The first-order chi connectivity index (χ1) is 14.8. The van der Waals surface area contributed by atoms with Crippen molar-refractivity contribution >= 4 is 35.6 Å². The summed E-state index contributed by atoms with van der Waals surface area (Å²) in [6, 6.07) is 4.23. The number of rotatable bonds is 5. The van der Waals surface area contributed by atoms with Gasteiger partial charge in [-0.1, -0.05) is 0 Å². The van der Waals surface area contributed by atoms with Crippen molar-refractivity contribution in [3.05, 3.63) is 29.3 Å². The lowest BCUT2D eigenvalue weighted by atomic mass is 9.96. The van der Waals surface area contributed by atoms with E-state index in [2.05, 4.69) is 32.5 Å². The second-order valence-electron chi connectivity index (χ2n) is 8.69. The summed E-state index contributed by atoms with van der Waals surface area (Å²) in [7, 11) is 2.06. The third kappa shape index (κ3) is 5.99. The Labute approximate surface area is 205 Å². The highest BCUT2D eigenvalue weighted by molar-refractivity contribution is 14.0. The fraction of sp³-hybridized carbons (Fsp3) is 0.682. The van der Waals surface area contributed by atoms with Crippen molar-refractivity contribution in [1.29, 1.82) is 0 Å². The van der Waals surface area contributed by atoms with Gasteiger partial charge < -0.3 is 25.2 Å². The number of benzene rings is 1. The number of nitrogens with one attached hydrogen (secondary N) is 2. The Morgan fingerprint density at radius 1 is 1.19 bits per heavy atom. The number of piperazine rings is 1. The van der Waals surface area contributed by atoms with Gasteiger partial charge in [0.25, 0.3) is 0 Å². The third-order valence-electron chi connectivity index (χ3n) is 6.43. The molecular formula is C22H33F3IN5O. The molecule has 2 bridgehead atoms. The molecule has 3 atom stereocenters. The van der Waals surface area contributed by atoms with Gasteiger partial charge in [-0.15, -0.1) is 24.0 Å². The second-order valence-corrected chi connectivity index (χ2v) is 8.69. The second kappa shape index (κ2) is 10.8. The molecule has 1 aromatic rings. The molecule has 0 aromatic heterocycles. The normalized spacial score (nSPS) is 26.2. The van der Waals surface area contributed by atoms with E-state index >= 15 is 0 Å². The molecule has 3 heterocycles. The van der Waals surface area contributed by atoms with E-state index in [0.29, 0.717) is 24.2 Å². The highest BCUT2D eigenvalue weighted by atomic mass is 127. The molecule has 10 heteroatoms. The molecule has 0 saturated carbocycles. The number of aliphatic imine (C=N–C) groups is 1. The number of guanidine groups is 1. The SMILES string of the molecule is CCNC(=NCc1cc(C(F)(F)F)ccc1N1CCN(C)CC1)NC1CC2CCC1O2.I. The summed E-state index contributed by atoms with van der Waals surface area (Å²) in [5.74, 6) is 0.630. The summed E-state index contributed by atoms with van der Waals surface area (Å²) < 4.78 is 46.0. The Kier molecular flexibility index (Phi) is 8.53.